The van der Waals surface area contributed by atoms with Gasteiger partial charge in [-0.3, -0.25) is 10.1 Å². The molecule has 0 aliphatic rings. The molecule has 10 heteroatoms. The van der Waals surface area contributed by atoms with Crippen molar-refractivity contribution in [3.8, 4) is 0 Å². The summed E-state index contributed by atoms with van der Waals surface area (Å²) in [4.78, 5) is 12.2. The fourth-order valence-corrected chi connectivity index (χ4v) is 4.44. The van der Waals surface area contributed by atoms with Crippen LogP contribution in [0.1, 0.15) is 5.56 Å². The van der Waals surface area contributed by atoms with Crippen LogP contribution >= 0.6 is 23.1 Å². The van der Waals surface area contributed by atoms with Crippen molar-refractivity contribution >= 4 is 44.2 Å². The molecule has 0 atom stereocenters. The quantitative estimate of drug-likeness (QED) is 0.417. The molecule has 0 unspecified atom stereocenters. The largest absolute Gasteiger partial charge is 0.299 e. The molecule has 1 N–H and O–H groups in total. The lowest BCUT2D eigenvalue weighted by molar-refractivity contribution is -0.116. The summed E-state index contributed by atoms with van der Waals surface area (Å²) in [5.74, 6) is 0.217. The Morgan fingerprint density at radius 3 is 2.68 bits per heavy atom. The Morgan fingerprint density at radius 2 is 2.04 bits per heavy atom. The van der Waals surface area contributed by atoms with Gasteiger partial charge in [-0.25, -0.2) is 8.42 Å². The number of rotatable bonds is 8. The van der Waals surface area contributed by atoms with Gasteiger partial charge in [-0.05, 0) is 19.1 Å². The molecular formula is C15H18N4O3S3. The maximum absolute atomic E-state index is 12.5. The zero-order valence-corrected chi connectivity index (χ0v) is 16.2. The smallest absolute Gasteiger partial charge is 0.243 e. The van der Waals surface area contributed by atoms with Crippen LogP contribution in [0.25, 0.3) is 0 Å². The zero-order valence-electron chi connectivity index (χ0n) is 13.8. The van der Waals surface area contributed by atoms with Crippen LogP contribution in [0.2, 0.25) is 0 Å². The second kappa shape index (κ2) is 8.56. The fourth-order valence-electron chi connectivity index (χ4n) is 1.79. The SMILES string of the molecule is C=CCSc1nnc(NC(=O)CN(C)S(=O)(=O)c2ccc(C)cc2)s1. The zero-order chi connectivity index (χ0) is 18.4. The number of carbonyl (C=O) groups excluding carboxylic acids is 1. The number of anilines is 1. The van der Waals surface area contributed by atoms with Crippen molar-refractivity contribution in [3.05, 3.63) is 42.5 Å². The van der Waals surface area contributed by atoms with Gasteiger partial charge in [0.1, 0.15) is 0 Å². The van der Waals surface area contributed by atoms with E-state index in [1.54, 1.807) is 18.2 Å². The molecule has 7 nitrogen and oxygen atoms in total. The van der Waals surface area contributed by atoms with E-state index in [0.717, 1.165) is 9.87 Å². The number of thioether (sulfide) groups is 1. The number of hydrogen-bond acceptors (Lipinski definition) is 7. The van der Waals surface area contributed by atoms with E-state index in [-0.39, 0.29) is 11.4 Å². The number of benzene rings is 1. The van der Waals surface area contributed by atoms with Gasteiger partial charge in [0.05, 0.1) is 11.4 Å². The highest BCUT2D eigenvalue weighted by atomic mass is 32.2. The minimum absolute atomic E-state index is 0.146. The summed E-state index contributed by atoms with van der Waals surface area (Å²) in [6.45, 7) is 5.18. The Labute approximate surface area is 155 Å². The summed E-state index contributed by atoms with van der Waals surface area (Å²) in [5, 5.41) is 10.7. The Morgan fingerprint density at radius 1 is 1.36 bits per heavy atom. The molecular weight excluding hydrogens is 380 g/mol. The van der Waals surface area contributed by atoms with Gasteiger partial charge >= 0.3 is 0 Å². The van der Waals surface area contributed by atoms with Gasteiger partial charge in [-0.2, -0.15) is 4.31 Å². The van der Waals surface area contributed by atoms with E-state index in [0.29, 0.717) is 15.2 Å². The number of aromatic nitrogens is 2. The maximum Gasteiger partial charge on any atom is 0.243 e. The second-order valence-corrected chi connectivity index (χ2v) is 9.38. The van der Waals surface area contributed by atoms with Gasteiger partial charge < -0.3 is 0 Å². The van der Waals surface area contributed by atoms with E-state index in [4.69, 9.17) is 0 Å². The molecule has 2 aromatic rings. The molecule has 134 valence electrons. The average molecular weight is 399 g/mol. The summed E-state index contributed by atoms with van der Waals surface area (Å²) in [6.07, 6.45) is 1.75. The molecule has 0 aliphatic carbocycles. The first kappa shape index (κ1) is 19.6. The summed E-state index contributed by atoms with van der Waals surface area (Å²) < 4.78 is 26.6. The highest BCUT2D eigenvalue weighted by Gasteiger charge is 2.23. The van der Waals surface area contributed by atoms with E-state index < -0.39 is 15.9 Å². The first-order valence-electron chi connectivity index (χ1n) is 7.23. The normalized spacial score (nSPS) is 11.5. The van der Waals surface area contributed by atoms with Crippen molar-refractivity contribution in [2.75, 3.05) is 24.7 Å². The minimum Gasteiger partial charge on any atom is -0.299 e. The van der Waals surface area contributed by atoms with Crippen molar-refractivity contribution in [1.82, 2.24) is 14.5 Å². The lowest BCUT2D eigenvalue weighted by Crippen LogP contribution is -2.34. The highest BCUT2D eigenvalue weighted by Crippen LogP contribution is 2.25. The number of amides is 1. The molecule has 0 aliphatic heterocycles. The maximum atomic E-state index is 12.5. The van der Waals surface area contributed by atoms with Crippen LogP contribution in [0.4, 0.5) is 5.13 Å². The monoisotopic (exact) mass is 398 g/mol. The van der Waals surface area contributed by atoms with Crippen LogP contribution in [-0.2, 0) is 14.8 Å². The van der Waals surface area contributed by atoms with Crippen LogP contribution in [-0.4, -0.2) is 48.2 Å². The van der Waals surface area contributed by atoms with E-state index in [1.807, 2.05) is 6.92 Å². The van der Waals surface area contributed by atoms with Crippen molar-refractivity contribution in [3.63, 3.8) is 0 Å². The topological polar surface area (TPSA) is 92.3 Å². The van der Waals surface area contributed by atoms with E-state index in [9.17, 15) is 13.2 Å². The van der Waals surface area contributed by atoms with E-state index >= 15 is 0 Å². The summed E-state index contributed by atoms with van der Waals surface area (Å²) in [5.41, 5.74) is 0.959. The van der Waals surface area contributed by atoms with Crippen LogP contribution in [0.3, 0.4) is 0 Å². The van der Waals surface area contributed by atoms with Crippen molar-refractivity contribution in [1.29, 1.82) is 0 Å². The number of nitrogens with zero attached hydrogens (tertiary/aromatic N) is 3. The van der Waals surface area contributed by atoms with E-state index in [1.165, 1.54) is 42.3 Å². The Kier molecular flexibility index (Phi) is 6.71. The lowest BCUT2D eigenvalue weighted by Gasteiger charge is -2.16. The third-order valence-electron chi connectivity index (χ3n) is 3.07. The van der Waals surface area contributed by atoms with Crippen molar-refractivity contribution in [2.45, 2.75) is 16.2 Å². The molecule has 0 radical (unpaired) electrons. The molecule has 1 heterocycles. The molecule has 1 aromatic heterocycles. The van der Waals surface area contributed by atoms with Gasteiger partial charge in [0.2, 0.25) is 21.1 Å². The van der Waals surface area contributed by atoms with Crippen molar-refractivity contribution < 1.29 is 13.2 Å². The molecule has 1 amide bonds. The summed E-state index contributed by atoms with van der Waals surface area (Å²) >= 11 is 2.68. The van der Waals surface area contributed by atoms with Gasteiger partial charge in [0.25, 0.3) is 0 Å². The fraction of sp³-hybridized carbons (Fsp3) is 0.267. The first-order valence-corrected chi connectivity index (χ1v) is 10.5. The predicted octanol–water partition coefficient (Wildman–Crippen LogP) is 2.38. The average Bonchev–Trinajstić information content (AvgIpc) is 3.00. The predicted molar refractivity (Wildman–Crippen MR) is 100 cm³/mol. The number of likely N-dealkylation sites (N-methyl/N-ethyl adjacent to an activating group) is 1. The standard InChI is InChI=1S/C15H18N4O3S3/c1-4-9-23-15-18-17-14(24-15)16-13(20)10-19(3)25(21,22)12-7-5-11(2)6-8-12/h4-8H,1,9-10H2,2-3H3,(H,16,17,20). The molecule has 25 heavy (non-hydrogen) atoms. The van der Waals surface area contributed by atoms with Gasteiger partial charge in [-0.15, -0.1) is 16.8 Å². The molecule has 2 rings (SSSR count). The van der Waals surface area contributed by atoms with Crippen LogP contribution in [0, 0.1) is 6.92 Å². The molecule has 0 spiro atoms. The Hall–Kier alpha value is -1.75. The third kappa shape index (κ3) is 5.36. The molecule has 0 bridgehead atoms. The first-order chi connectivity index (χ1) is 11.8. The third-order valence-corrected chi connectivity index (χ3v) is 6.86. The van der Waals surface area contributed by atoms with Crippen LogP contribution in [0.15, 0.2) is 46.2 Å². The number of nitrogens with one attached hydrogen (secondary N) is 1. The minimum atomic E-state index is -3.73. The van der Waals surface area contributed by atoms with Crippen LogP contribution in [0.5, 0.6) is 0 Å². The van der Waals surface area contributed by atoms with Gasteiger partial charge in [-0.1, -0.05) is 46.9 Å². The number of aryl methyl sites for hydroxylation is 1. The van der Waals surface area contributed by atoms with Gasteiger partial charge in [0, 0.05) is 12.8 Å². The number of sulfonamides is 1. The summed E-state index contributed by atoms with van der Waals surface area (Å²) in [6, 6.07) is 6.47. The summed E-state index contributed by atoms with van der Waals surface area (Å²) in [7, 11) is -2.36. The molecule has 0 saturated heterocycles. The van der Waals surface area contributed by atoms with E-state index in [2.05, 4.69) is 22.1 Å². The molecule has 0 fully saturated rings. The van der Waals surface area contributed by atoms with Gasteiger partial charge in [0.15, 0.2) is 4.34 Å². The highest BCUT2D eigenvalue weighted by molar-refractivity contribution is 8.01. The molecule has 1 aromatic carbocycles. The molecule has 0 saturated carbocycles. The van der Waals surface area contributed by atoms with Crippen LogP contribution < -0.4 is 5.32 Å². The van der Waals surface area contributed by atoms with Crippen molar-refractivity contribution in [2.24, 2.45) is 0 Å². The number of carbonyl (C=O) groups is 1. The second-order valence-electron chi connectivity index (χ2n) is 5.10. The number of hydrogen-bond donors (Lipinski definition) is 1. The Bertz CT molecular complexity index is 847. The lowest BCUT2D eigenvalue weighted by atomic mass is 10.2. The Balaban J connectivity index is 1.98.